The van der Waals surface area contributed by atoms with Crippen molar-refractivity contribution in [2.75, 3.05) is 42.5 Å². The molecule has 0 aromatic heterocycles. The van der Waals surface area contributed by atoms with Crippen LogP contribution in [0.1, 0.15) is 31.1 Å². The summed E-state index contributed by atoms with van der Waals surface area (Å²) in [6.07, 6.45) is 0. The van der Waals surface area contributed by atoms with E-state index in [9.17, 15) is 13.2 Å². The van der Waals surface area contributed by atoms with Crippen molar-refractivity contribution >= 4 is 33.1 Å². The minimum Gasteiger partial charge on any atom is -0.368 e. The summed E-state index contributed by atoms with van der Waals surface area (Å²) < 4.78 is 29.4. The zero-order chi connectivity index (χ0) is 22.2. The normalized spacial score (nSPS) is 18.1. The molecule has 1 fully saturated rings. The fraction of sp³-hybridized carbons (Fsp3) is 0.391. The minimum absolute atomic E-state index is 0.104. The maximum Gasteiger partial charge on any atom is 0.286 e. The Hall–Kier alpha value is -2.87. The maximum atomic E-state index is 13.1. The molecule has 0 saturated carbocycles. The highest BCUT2D eigenvalue weighted by molar-refractivity contribution is 7.90. The van der Waals surface area contributed by atoms with Gasteiger partial charge in [-0.05, 0) is 43.2 Å². The highest BCUT2D eigenvalue weighted by atomic mass is 32.2. The lowest BCUT2D eigenvalue weighted by Crippen LogP contribution is -2.48. The van der Waals surface area contributed by atoms with Crippen molar-refractivity contribution in [1.29, 1.82) is 0 Å². The van der Waals surface area contributed by atoms with E-state index >= 15 is 0 Å². The maximum absolute atomic E-state index is 13.1. The number of anilines is 2. The fourth-order valence-corrected chi connectivity index (χ4v) is 5.37. The average Bonchev–Trinajstić information content (AvgIpc) is 2.76. The van der Waals surface area contributed by atoms with Gasteiger partial charge in [-0.1, -0.05) is 32.0 Å². The van der Waals surface area contributed by atoms with Gasteiger partial charge in [-0.25, -0.2) is 0 Å². The molecule has 8 heteroatoms. The summed E-state index contributed by atoms with van der Waals surface area (Å²) in [6, 6.07) is 15.1. The van der Waals surface area contributed by atoms with Crippen molar-refractivity contribution in [2.45, 2.75) is 25.7 Å². The van der Waals surface area contributed by atoms with E-state index in [1.54, 1.807) is 24.0 Å². The van der Waals surface area contributed by atoms with Gasteiger partial charge in [0.05, 0.1) is 5.69 Å². The van der Waals surface area contributed by atoms with Crippen LogP contribution in [0.15, 0.2) is 57.8 Å². The second kappa shape index (κ2) is 8.34. The molecule has 4 rings (SSSR count). The molecule has 31 heavy (non-hydrogen) atoms. The molecule has 2 aromatic carbocycles. The Labute approximate surface area is 184 Å². The van der Waals surface area contributed by atoms with E-state index in [0.29, 0.717) is 42.6 Å². The number of carbonyl (C=O) groups is 1. The molecule has 0 aliphatic carbocycles. The van der Waals surface area contributed by atoms with Crippen molar-refractivity contribution in [2.24, 2.45) is 10.3 Å². The molecule has 0 radical (unpaired) electrons. The van der Waals surface area contributed by atoms with E-state index in [-0.39, 0.29) is 10.8 Å². The van der Waals surface area contributed by atoms with E-state index in [1.165, 1.54) is 6.07 Å². The lowest BCUT2D eigenvalue weighted by atomic mass is 10.1. The standard InChI is InChI=1S/C23H28N4O3S/c1-17(2)16-27-18(3)24-31(29,30)22-15-19(9-10-21(22)27)23(28)26-13-11-25(12-14-26)20-7-5-4-6-8-20/h4-10,15,17H,11-14,16H2,1-3H3. The smallest absolute Gasteiger partial charge is 0.286 e. The number of carbonyl (C=O) groups excluding carboxylic acids is 1. The Morgan fingerprint density at radius 3 is 2.35 bits per heavy atom. The first-order valence-electron chi connectivity index (χ1n) is 10.6. The van der Waals surface area contributed by atoms with Gasteiger partial charge >= 0.3 is 0 Å². The number of amidine groups is 1. The van der Waals surface area contributed by atoms with E-state index in [1.807, 2.05) is 23.1 Å². The first kappa shape index (κ1) is 21.4. The van der Waals surface area contributed by atoms with E-state index in [4.69, 9.17) is 0 Å². The third-order valence-electron chi connectivity index (χ3n) is 5.65. The molecule has 2 aliphatic heterocycles. The molecule has 2 heterocycles. The van der Waals surface area contributed by atoms with Gasteiger partial charge in [-0.2, -0.15) is 8.42 Å². The number of hydrogen-bond acceptors (Lipinski definition) is 5. The van der Waals surface area contributed by atoms with Crippen LogP contribution in [0.5, 0.6) is 0 Å². The molecule has 0 bridgehead atoms. The first-order chi connectivity index (χ1) is 14.8. The SMILES string of the molecule is CC1=NS(=O)(=O)c2cc(C(=O)N3CCN(c4ccccc4)CC3)ccc2N1CC(C)C. The molecule has 0 unspecified atom stereocenters. The summed E-state index contributed by atoms with van der Waals surface area (Å²) in [6.45, 7) is 9.17. The van der Waals surface area contributed by atoms with Crippen molar-refractivity contribution in [3.63, 3.8) is 0 Å². The highest BCUT2D eigenvalue weighted by Crippen LogP contribution is 2.33. The summed E-state index contributed by atoms with van der Waals surface area (Å²) in [5.41, 5.74) is 2.12. The number of amides is 1. The molecule has 164 valence electrons. The predicted molar refractivity (Wildman–Crippen MR) is 123 cm³/mol. The average molecular weight is 441 g/mol. The van der Waals surface area contributed by atoms with Crippen LogP contribution in [0.3, 0.4) is 0 Å². The number of nitrogens with zero attached hydrogens (tertiary/aromatic N) is 4. The van der Waals surface area contributed by atoms with Crippen LogP contribution in [0.4, 0.5) is 11.4 Å². The number of hydrogen-bond donors (Lipinski definition) is 0. The molecule has 1 amide bonds. The number of rotatable bonds is 4. The molecule has 2 aromatic rings. The fourth-order valence-electron chi connectivity index (χ4n) is 4.11. The van der Waals surface area contributed by atoms with Gasteiger partial charge in [-0.15, -0.1) is 4.40 Å². The third kappa shape index (κ3) is 4.30. The van der Waals surface area contributed by atoms with Crippen LogP contribution < -0.4 is 9.80 Å². The highest BCUT2D eigenvalue weighted by Gasteiger charge is 2.31. The molecule has 0 spiro atoms. The Bertz CT molecular complexity index is 1100. The Kier molecular flexibility index (Phi) is 5.75. The summed E-state index contributed by atoms with van der Waals surface area (Å²) in [4.78, 5) is 19.2. The number of para-hydroxylation sites is 1. The molecule has 1 saturated heterocycles. The van der Waals surface area contributed by atoms with Crippen molar-refractivity contribution in [1.82, 2.24) is 4.90 Å². The van der Waals surface area contributed by atoms with Crippen LogP contribution in [0.25, 0.3) is 0 Å². The Balaban J connectivity index is 1.55. The second-order valence-electron chi connectivity index (χ2n) is 8.42. The largest absolute Gasteiger partial charge is 0.368 e. The first-order valence-corrected chi connectivity index (χ1v) is 12.0. The predicted octanol–water partition coefficient (Wildman–Crippen LogP) is 3.23. The number of sulfonamides is 1. The van der Waals surface area contributed by atoms with E-state index in [2.05, 4.69) is 35.3 Å². The van der Waals surface area contributed by atoms with Crippen molar-refractivity contribution in [3.8, 4) is 0 Å². The van der Waals surface area contributed by atoms with Crippen LogP contribution in [-0.2, 0) is 10.0 Å². The lowest BCUT2D eigenvalue weighted by molar-refractivity contribution is 0.0746. The molecule has 0 N–H and O–H groups in total. The summed E-state index contributed by atoms with van der Waals surface area (Å²) >= 11 is 0. The quantitative estimate of drug-likeness (QED) is 0.730. The second-order valence-corrected chi connectivity index (χ2v) is 9.99. The van der Waals surface area contributed by atoms with Crippen LogP contribution in [-0.4, -0.2) is 57.8 Å². The zero-order valence-electron chi connectivity index (χ0n) is 18.2. The monoisotopic (exact) mass is 440 g/mol. The van der Waals surface area contributed by atoms with Gasteiger partial charge in [0.25, 0.3) is 15.9 Å². The lowest BCUT2D eigenvalue weighted by Gasteiger charge is -2.36. The van der Waals surface area contributed by atoms with Gasteiger partial charge in [0.1, 0.15) is 10.7 Å². The topological polar surface area (TPSA) is 73.3 Å². The Morgan fingerprint density at radius 2 is 1.71 bits per heavy atom. The Morgan fingerprint density at radius 1 is 1.03 bits per heavy atom. The van der Waals surface area contributed by atoms with Crippen LogP contribution in [0.2, 0.25) is 0 Å². The summed E-state index contributed by atoms with van der Waals surface area (Å²) in [7, 11) is -3.82. The van der Waals surface area contributed by atoms with Gasteiger partial charge in [0.2, 0.25) is 0 Å². The van der Waals surface area contributed by atoms with Crippen molar-refractivity contribution in [3.05, 3.63) is 54.1 Å². The third-order valence-corrected chi connectivity index (χ3v) is 7.04. The van der Waals surface area contributed by atoms with E-state index < -0.39 is 10.0 Å². The molecule has 0 atom stereocenters. The van der Waals surface area contributed by atoms with Crippen LogP contribution in [0, 0.1) is 5.92 Å². The van der Waals surface area contributed by atoms with Gasteiger partial charge < -0.3 is 14.7 Å². The van der Waals surface area contributed by atoms with Gasteiger partial charge in [0.15, 0.2) is 0 Å². The number of piperazine rings is 1. The molecular formula is C23H28N4O3S. The van der Waals surface area contributed by atoms with Gasteiger partial charge in [0, 0.05) is 44.0 Å². The summed E-state index contributed by atoms with van der Waals surface area (Å²) in [5.74, 6) is 0.644. The van der Waals surface area contributed by atoms with Crippen LogP contribution >= 0.6 is 0 Å². The van der Waals surface area contributed by atoms with E-state index in [0.717, 1.165) is 18.8 Å². The zero-order valence-corrected chi connectivity index (χ0v) is 19.0. The van der Waals surface area contributed by atoms with Crippen molar-refractivity contribution < 1.29 is 13.2 Å². The molecular weight excluding hydrogens is 412 g/mol. The van der Waals surface area contributed by atoms with Gasteiger partial charge in [-0.3, -0.25) is 4.79 Å². The minimum atomic E-state index is -3.82. The molecule has 7 nitrogen and oxygen atoms in total. The number of fused-ring (bicyclic) bond motifs is 1. The summed E-state index contributed by atoms with van der Waals surface area (Å²) in [5, 5.41) is 0. The molecule has 2 aliphatic rings. The number of benzene rings is 2.